The summed E-state index contributed by atoms with van der Waals surface area (Å²) in [6.07, 6.45) is 0. The Balaban J connectivity index is 1.68. The third kappa shape index (κ3) is 2.93. The molecule has 2 aromatic carbocycles. The lowest BCUT2D eigenvalue weighted by Gasteiger charge is -2.07. The number of thioether (sulfide) groups is 1. The number of hydrogen-bond donors (Lipinski definition) is 0. The number of ether oxygens (including phenoxy) is 1. The predicted molar refractivity (Wildman–Crippen MR) is 103 cm³/mol. The van der Waals surface area contributed by atoms with Crippen LogP contribution in [0.25, 0.3) is 16.6 Å². The minimum atomic E-state index is -0.328. The van der Waals surface area contributed by atoms with E-state index in [4.69, 9.17) is 4.74 Å². The second kappa shape index (κ2) is 6.80. The van der Waals surface area contributed by atoms with Gasteiger partial charge in [0, 0.05) is 11.1 Å². The van der Waals surface area contributed by atoms with Gasteiger partial charge in [-0.25, -0.2) is 4.79 Å². The van der Waals surface area contributed by atoms with Crippen molar-refractivity contribution in [2.24, 2.45) is 0 Å². The van der Waals surface area contributed by atoms with E-state index in [0.29, 0.717) is 11.3 Å². The van der Waals surface area contributed by atoms with Crippen LogP contribution in [-0.2, 0) is 10.5 Å². The SMILES string of the molecule is COC(=O)c1cccc(CSc2nnc3cc(C)c4ccccc4n23)c1. The van der Waals surface area contributed by atoms with Gasteiger partial charge >= 0.3 is 5.97 Å². The Kier molecular flexibility index (Phi) is 4.34. The molecule has 2 heterocycles. The standard InChI is InChI=1S/C20H17N3O2S/c1-13-10-18-21-22-20(23(18)17-9-4-3-8-16(13)17)26-12-14-6-5-7-15(11-14)19(24)25-2/h3-11H,12H2,1-2H3. The second-order valence-corrected chi connectivity index (χ2v) is 6.94. The molecule has 2 aromatic heterocycles. The molecule has 5 nitrogen and oxygen atoms in total. The number of methoxy groups -OCH3 is 1. The van der Waals surface area contributed by atoms with Gasteiger partial charge < -0.3 is 4.74 Å². The fraction of sp³-hybridized carbons (Fsp3) is 0.150. The molecular weight excluding hydrogens is 346 g/mol. The van der Waals surface area contributed by atoms with Crippen molar-refractivity contribution in [1.82, 2.24) is 14.6 Å². The highest BCUT2D eigenvalue weighted by molar-refractivity contribution is 7.98. The number of aryl methyl sites for hydroxylation is 1. The monoisotopic (exact) mass is 363 g/mol. The molecule has 0 atom stereocenters. The van der Waals surface area contributed by atoms with Crippen molar-refractivity contribution in [2.45, 2.75) is 17.8 Å². The largest absolute Gasteiger partial charge is 0.465 e. The van der Waals surface area contributed by atoms with E-state index in [0.717, 1.165) is 21.9 Å². The molecule has 0 aliphatic rings. The number of rotatable bonds is 4. The van der Waals surface area contributed by atoms with E-state index in [1.807, 2.05) is 30.3 Å². The molecule has 0 spiro atoms. The average Bonchev–Trinajstić information content (AvgIpc) is 3.09. The summed E-state index contributed by atoms with van der Waals surface area (Å²) < 4.78 is 6.87. The summed E-state index contributed by atoms with van der Waals surface area (Å²) in [6, 6.07) is 17.8. The van der Waals surface area contributed by atoms with E-state index >= 15 is 0 Å². The number of fused-ring (bicyclic) bond motifs is 3. The highest BCUT2D eigenvalue weighted by Crippen LogP contribution is 2.27. The fourth-order valence-electron chi connectivity index (χ4n) is 3.02. The lowest BCUT2D eigenvalue weighted by molar-refractivity contribution is 0.0600. The first-order valence-electron chi connectivity index (χ1n) is 8.21. The van der Waals surface area contributed by atoms with Gasteiger partial charge in [-0.05, 0) is 42.3 Å². The molecule has 4 rings (SSSR count). The number of nitrogens with zero attached hydrogens (tertiary/aromatic N) is 3. The van der Waals surface area contributed by atoms with Crippen LogP contribution in [0.3, 0.4) is 0 Å². The maximum Gasteiger partial charge on any atom is 0.337 e. The number of aromatic nitrogens is 3. The summed E-state index contributed by atoms with van der Waals surface area (Å²) in [6.45, 7) is 2.09. The van der Waals surface area contributed by atoms with Gasteiger partial charge in [0.25, 0.3) is 0 Å². The Hall–Kier alpha value is -2.86. The van der Waals surface area contributed by atoms with Crippen LogP contribution < -0.4 is 0 Å². The fourth-order valence-corrected chi connectivity index (χ4v) is 3.92. The van der Waals surface area contributed by atoms with Crippen molar-refractivity contribution in [3.05, 3.63) is 71.3 Å². The van der Waals surface area contributed by atoms with Crippen LogP contribution in [0.4, 0.5) is 0 Å². The van der Waals surface area contributed by atoms with Crippen molar-refractivity contribution < 1.29 is 9.53 Å². The third-order valence-corrected chi connectivity index (χ3v) is 5.29. The summed E-state index contributed by atoms with van der Waals surface area (Å²) >= 11 is 1.60. The normalized spacial score (nSPS) is 11.2. The Labute approximate surface area is 155 Å². The lowest BCUT2D eigenvalue weighted by Crippen LogP contribution is -2.01. The molecular formula is C20H17N3O2S. The summed E-state index contributed by atoms with van der Waals surface area (Å²) in [5.74, 6) is 0.361. The van der Waals surface area contributed by atoms with E-state index < -0.39 is 0 Å². The van der Waals surface area contributed by atoms with Crippen LogP contribution in [-0.4, -0.2) is 27.7 Å². The molecule has 0 aliphatic heterocycles. The topological polar surface area (TPSA) is 56.5 Å². The van der Waals surface area contributed by atoms with Crippen molar-refractivity contribution in [3.8, 4) is 0 Å². The Morgan fingerprint density at radius 2 is 1.96 bits per heavy atom. The first-order valence-corrected chi connectivity index (χ1v) is 9.19. The molecule has 0 unspecified atom stereocenters. The first-order chi connectivity index (χ1) is 12.7. The highest BCUT2D eigenvalue weighted by atomic mass is 32.2. The number of pyridine rings is 1. The number of esters is 1. The zero-order valence-electron chi connectivity index (χ0n) is 14.5. The molecule has 4 aromatic rings. The quantitative estimate of drug-likeness (QED) is 0.400. The molecule has 0 saturated carbocycles. The van der Waals surface area contributed by atoms with Crippen molar-refractivity contribution in [1.29, 1.82) is 0 Å². The number of para-hydroxylation sites is 1. The predicted octanol–water partition coefficient (Wildman–Crippen LogP) is 4.27. The molecule has 0 fully saturated rings. The van der Waals surface area contributed by atoms with Crippen LogP contribution in [0, 0.1) is 6.92 Å². The van der Waals surface area contributed by atoms with Gasteiger partial charge in [-0.15, -0.1) is 10.2 Å². The van der Waals surface area contributed by atoms with Gasteiger partial charge in [0.1, 0.15) is 0 Å². The molecule has 130 valence electrons. The van der Waals surface area contributed by atoms with Crippen LogP contribution in [0.2, 0.25) is 0 Å². The van der Waals surface area contributed by atoms with Gasteiger partial charge in [-0.1, -0.05) is 42.1 Å². The Morgan fingerprint density at radius 3 is 2.81 bits per heavy atom. The van der Waals surface area contributed by atoms with Crippen LogP contribution in [0.15, 0.2) is 59.8 Å². The molecule has 0 bridgehead atoms. The van der Waals surface area contributed by atoms with Gasteiger partial charge in [-0.2, -0.15) is 0 Å². The van der Waals surface area contributed by atoms with Gasteiger partial charge in [0.05, 0.1) is 18.2 Å². The van der Waals surface area contributed by atoms with Crippen molar-refractivity contribution in [2.75, 3.05) is 7.11 Å². The molecule has 0 aliphatic carbocycles. The smallest absolute Gasteiger partial charge is 0.337 e. The maximum atomic E-state index is 11.7. The van der Waals surface area contributed by atoms with E-state index in [9.17, 15) is 4.79 Å². The number of carbonyl (C=O) groups is 1. The maximum absolute atomic E-state index is 11.7. The zero-order valence-corrected chi connectivity index (χ0v) is 15.3. The molecule has 26 heavy (non-hydrogen) atoms. The Morgan fingerprint density at radius 1 is 1.12 bits per heavy atom. The van der Waals surface area contributed by atoms with E-state index in [2.05, 4.69) is 39.7 Å². The van der Waals surface area contributed by atoms with Crippen molar-refractivity contribution >= 4 is 34.3 Å². The summed E-state index contributed by atoms with van der Waals surface area (Å²) in [4.78, 5) is 11.7. The molecule has 0 N–H and O–H groups in total. The van der Waals surface area contributed by atoms with Crippen LogP contribution in [0.5, 0.6) is 0 Å². The number of hydrogen-bond acceptors (Lipinski definition) is 5. The van der Waals surface area contributed by atoms with E-state index in [1.165, 1.54) is 18.1 Å². The second-order valence-electron chi connectivity index (χ2n) is 6.00. The molecule has 0 amide bonds. The third-order valence-electron chi connectivity index (χ3n) is 4.29. The van der Waals surface area contributed by atoms with Crippen LogP contribution >= 0.6 is 11.8 Å². The molecule has 0 saturated heterocycles. The van der Waals surface area contributed by atoms with Gasteiger partial charge in [0.15, 0.2) is 10.8 Å². The first kappa shape index (κ1) is 16.6. The van der Waals surface area contributed by atoms with Gasteiger partial charge in [0.2, 0.25) is 0 Å². The average molecular weight is 363 g/mol. The van der Waals surface area contributed by atoms with Crippen LogP contribution in [0.1, 0.15) is 21.5 Å². The Bertz CT molecular complexity index is 1120. The molecule has 0 radical (unpaired) electrons. The number of carbonyl (C=O) groups excluding carboxylic acids is 1. The van der Waals surface area contributed by atoms with E-state index in [1.54, 1.807) is 17.8 Å². The highest BCUT2D eigenvalue weighted by Gasteiger charge is 2.12. The minimum Gasteiger partial charge on any atom is -0.465 e. The van der Waals surface area contributed by atoms with Gasteiger partial charge in [-0.3, -0.25) is 4.40 Å². The van der Waals surface area contributed by atoms with Crippen molar-refractivity contribution in [3.63, 3.8) is 0 Å². The zero-order chi connectivity index (χ0) is 18.1. The minimum absolute atomic E-state index is 0.328. The lowest BCUT2D eigenvalue weighted by atomic mass is 10.1. The van der Waals surface area contributed by atoms with E-state index in [-0.39, 0.29) is 5.97 Å². The summed E-state index contributed by atoms with van der Waals surface area (Å²) in [5, 5.41) is 10.7. The summed E-state index contributed by atoms with van der Waals surface area (Å²) in [7, 11) is 1.39. The summed E-state index contributed by atoms with van der Waals surface area (Å²) in [5.41, 5.74) is 4.71. The molecule has 6 heteroatoms. The number of benzene rings is 2.